The number of hydrogen-bond acceptors (Lipinski definition) is 3. The van der Waals surface area contributed by atoms with Crippen molar-refractivity contribution < 1.29 is 4.74 Å². The summed E-state index contributed by atoms with van der Waals surface area (Å²) < 4.78 is 6.55. The number of rotatable bonds is 15. The first kappa shape index (κ1) is 24.0. The van der Waals surface area contributed by atoms with Crippen LogP contribution in [0.4, 0.5) is 0 Å². The first-order valence-corrected chi connectivity index (χ1v) is 13.9. The quantitative estimate of drug-likeness (QED) is 0.261. The lowest BCUT2D eigenvalue weighted by Gasteiger charge is -2.28. The summed E-state index contributed by atoms with van der Waals surface area (Å²) in [7, 11) is 0. The van der Waals surface area contributed by atoms with Crippen molar-refractivity contribution in [1.82, 2.24) is 0 Å². The minimum atomic E-state index is 0.615. The molecule has 0 aromatic heterocycles. The third-order valence-corrected chi connectivity index (χ3v) is 8.90. The zero-order chi connectivity index (χ0) is 19.9. The first-order chi connectivity index (χ1) is 13.8. The summed E-state index contributed by atoms with van der Waals surface area (Å²) in [5.74, 6) is 4.63. The number of benzene rings is 1. The van der Waals surface area contributed by atoms with Gasteiger partial charge in [0.05, 0.1) is 11.2 Å². The minimum absolute atomic E-state index is 0.615. The second-order valence-electron chi connectivity index (χ2n) is 8.25. The maximum Gasteiger partial charge on any atom is 0.119 e. The monoisotopic (exact) mass is 422 g/mol. The van der Waals surface area contributed by atoms with Gasteiger partial charge in [-0.1, -0.05) is 90.2 Å². The Morgan fingerprint density at radius 1 is 0.750 bits per heavy atom. The van der Waals surface area contributed by atoms with Crippen LogP contribution in [0.15, 0.2) is 24.3 Å². The Bertz CT molecular complexity index is 480. The molecular weight excluding hydrogens is 380 g/mol. The maximum absolute atomic E-state index is 5.93. The fraction of sp³-hybridized carbons (Fsp3) is 0.760. The van der Waals surface area contributed by atoms with Gasteiger partial charge in [-0.05, 0) is 48.0 Å². The fourth-order valence-corrected chi connectivity index (χ4v) is 6.90. The molecule has 0 N–H and O–H groups in total. The standard InChI is InChI=1S/C25H42OS2/c1-3-5-7-9-11-13-19-26-24-17-15-23(16-18-24)25-27-20-22(21-28-25)14-12-10-8-6-4-2/h15-18,22,25H,3-14,19-21H2,1-2H3. The molecule has 3 heteroatoms. The smallest absolute Gasteiger partial charge is 0.119 e. The Labute approximate surface area is 183 Å². The van der Waals surface area contributed by atoms with Gasteiger partial charge in [-0.25, -0.2) is 0 Å². The summed E-state index contributed by atoms with van der Waals surface area (Å²) in [5.41, 5.74) is 1.46. The first-order valence-electron chi connectivity index (χ1n) is 11.8. The predicted molar refractivity (Wildman–Crippen MR) is 130 cm³/mol. The number of thioether (sulfide) groups is 2. The Hall–Kier alpha value is -0.280. The van der Waals surface area contributed by atoms with E-state index in [1.54, 1.807) is 0 Å². The van der Waals surface area contributed by atoms with Gasteiger partial charge in [0.15, 0.2) is 0 Å². The highest BCUT2D eigenvalue weighted by Gasteiger charge is 2.23. The summed E-state index contributed by atoms with van der Waals surface area (Å²) in [6.07, 6.45) is 16.4. The van der Waals surface area contributed by atoms with E-state index in [1.807, 2.05) is 0 Å². The van der Waals surface area contributed by atoms with Gasteiger partial charge in [0.2, 0.25) is 0 Å². The second-order valence-corrected chi connectivity index (χ2v) is 10.8. The molecule has 1 saturated heterocycles. The van der Waals surface area contributed by atoms with E-state index in [0.29, 0.717) is 4.58 Å². The Morgan fingerprint density at radius 3 is 1.96 bits per heavy atom. The van der Waals surface area contributed by atoms with Gasteiger partial charge in [-0.3, -0.25) is 0 Å². The molecule has 1 aliphatic rings. The molecule has 0 saturated carbocycles. The van der Waals surface area contributed by atoms with E-state index in [9.17, 15) is 0 Å². The molecule has 1 heterocycles. The summed E-state index contributed by atoms with van der Waals surface area (Å²) in [6, 6.07) is 8.92. The summed E-state index contributed by atoms with van der Waals surface area (Å²) in [6.45, 7) is 5.42. The van der Waals surface area contributed by atoms with E-state index < -0.39 is 0 Å². The van der Waals surface area contributed by atoms with Crippen molar-refractivity contribution in [2.75, 3.05) is 18.1 Å². The van der Waals surface area contributed by atoms with Crippen molar-refractivity contribution >= 4 is 23.5 Å². The van der Waals surface area contributed by atoms with Gasteiger partial charge in [0.25, 0.3) is 0 Å². The molecule has 0 unspecified atom stereocenters. The highest BCUT2D eigenvalue weighted by Crippen LogP contribution is 2.46. The second kappa shape index (κ2) is 15.5. The van der Waals surface area contributed by atoms with Crippen molar-refractivity contribution in [3.63, 3.8) is 0 Å². The van der Waals surface area contributed by atoms with Gasteiger partial charge in [-0.2, -0.15) is 0 Å². The molecular formula is C25H42OS2. The van der Waals surface area contributed by atoms with Crippen LogP contribution < -0.4 is 4.74 Å². The Morgan fingerprint density at radius 2 is 1.32 bits per heavy atom. The average molecular weight is 423 g/mol. The van der Waals surface area contributed by atoms with E-state index >= 15 is 0 Å². The van der Waals surface area contributed by atoms with E-state index in [-0.39, 0.29) is 0 Å². The molecule has 1 aromatic carbocycles. The number of hydrogen-bond donors (Lipinski definition) is 0. The molecule has 0 spiro atoms. The van der Waals surface area contributed by atoms with Gasteiger partial charge in [-0.15, -0.1) is 23.5 Å². The topological polar surface area (TPSA) is 9.23 Å². The minimum Gasteiger partial charge on any atom is -0.494 e. The molecule has 0 bridgehead atoms. The molecule has 0 radical (unpaired) electrons. The van der Waals surface area contributed by atoms with Crippen molar-refractivity contribution in [3.8, 4) is 5.75 Å². The van der Waals surface area contributed by atoms with Crippen molar-refractivity contribution in [2.45, 2.75) is 95.5 Å². The highest BCUT2D eigenvalue weighted by atomic mass is 32.2. The molecule has 28 heavy (non-hydrogen) atoms. The van der Waals surface area contributed by atoms with E-state index in [4.69, 9.17) is 4.74 Å². The zero-order valence-corrected chi connectivity index (χ0v) is 19.9. The number of ether oxygens (including phenoxy) is 1. The van der Waals surface area contributed by atoms with Gasteiger partial charge >= 0.3 is 0 Å². The van der Waals surface area contributed by atoms with E-state index in [1.165, 1.54) is 94.1 Å². The lowest BCUT2D eigenvalue weighted by molar-refractivity contribution is 0.304. The SMILES string of the molecule is CCCCCCCCOc1ccc(C2SCC(CCCCCCC)CS2)cc1. The third kappa shape index (κ3) is 9.96. The number of unbranched alkanes of at least 4 members (excludes halogenated alkanes) is 9. The maximum atomic E-state index is 5.93. The van der Waals surface area contributed by atoms with Crippen LogP contribution in [0.1, 0.15) is 101 Å². The Balaban J connectivity index is 1.58. The summed E-state index contributed by atoms with van der Waals surface area (Å²) >= 11 is 4.30. The van der Waals surface area contributed by atoms with Crippen molar-refractivity contribution in [2.24, 2.45) is 5.92 Å². The van der Waals surface area contributed by atoms with Crippen molar-refractivity contribution in [3.05, 3.63) is 29.8 Å². The van der Waals surface area contributed by atoms with Gasteiger partial charge in [0, 0.05) is 0 Å². The molecule has 0 atom stereocenters. The summed E-state index contributed by atoms with van der Waals surface area (Å²) in [5, 5.41) is 0. The lowest BCUT2D eigenvalue weighted by Crippen LogP contribution is -2.14. The largest absolute Gasteiger partial charge is 0.494 e. The van der Waals surface area contributed by atoms with Crippen LogP contribution in [0, 0.1) is 5.92 Å². The highest BCUT2D eigenvalue weighted by molar-refractivity contribution is 8.16. The van der Waals surface area contributed by atoms with Crippen LogP contribution in [0.3, 0.4) is 0 Å². The van der Waals surface area contributed by atoms with Gasteiger partial charge < -0.3 is 4.74 Å². The average Bonchev–Trinajstić information content (AvgIpc) is 2.74. The van der Waals surface area contributed by atoms with Crippen LogP contribution >= 0.6 is 23.5 Å². The predicted octanol–water partition coefficient (Wildman–Crippen LogP) is 8.88. The van der Waals surface area contributed by atoms with Crippen molar-refractivity contribution in [1.29, 1.82) is 0 Å². The molecule has 1 fully saturated rings. The van der Waals surface area contributed by atoms with Crippen LogP contribution in [0.2, 0.25) is 0 Å². The summed E-state index contributed by atoms with van der Waals surface area (Å²) in [4.78, 5) is 0. The normalized spacial score (nSPS) is 19.6. The molecule has 0 aliphatic carbocycles. The van der Waals surface area contributed by atoms with Gasteiger partial charge in [0.1, 0.15) is 5.75 Å². The molecule has 1 aromatic rings. The molecule has 1 aliphatic heterocycles. The van der Waals surface area contributed by atoms with Crippen LogP contribution in [0.5, 0.6) is 5.75 Å². The zero-order valence-electron chi connectivity index (χ0n) is 18.3. The van der Waals surface area contributed by atoms with Crippen LogP contribution in [0.25, 0.3) is 0 Å². The molecule has 1 nitrogen and oxygen atoms in total. The van der Waals surface area contributed by atoms with E-state index in [0.717, 1.165) is 18.3 Å². The van der Waals surface area contributed by atoms with Crippen LogP contribution in [-0.4, -0.2) is 18.1 Å². The lowest BCUT2D eigenvalue weighted by atomic mass is 10.0. The Kier molecular flexibility index (Phi) is 13.3. The fourth-order valence-electron chi connectivity index (χ4n) is 3.73. The third-order valence-electron chi connectivity index (χ3n) is 5.60. The molecule has 160 valence electrons. The molecule has 2 rings (SSSR count). The van der Waals surface area contributed by atoms with Crippen LogP contribution in [-0.2, 0) is 0 Å². The molecule has 0 amide bonds. The van der Waals surface area contributed by atoms with E-state index in [2.05, 4.69) is 61.6 Å².